The summed E-state index contributed by atoms with van der Waals surface area (Å²) in [5.74, 6) is 1.15. The summed E-state index contributed by atoms with van der Waals surface area (Å²) in [6.45, 7) is 3.48. The maximum Gasteiger partial charge on any atom is 0.233 e. The Hall–Kier alpha value is -3.45. The van der Waals surface area contributed by atoms with Gasteiger partial charge in [-0.05, 0) is 48.2 Å². The molecule has 0 spiro atoms. The van der Waals surface area contributed by atoms with Crippen molar-refractivity contribution in [1.82, 2.24) is 24.6 Å². The van der Waals surface area contributed by atoms with Gasteiger partial charge in [0.1, 0.15) is 0 Å². The lowest BCUT2D eigenvalue weighted by molar-refractivity contribution is -0.129. The standard InChI is InChI=1S/C25H23N5OS/c1-18-7-2-5-11-22(18)30-24(20-10-6-13-26-15-20)27-28-25(30)32-17-23(31)29-14-12-19-8-3-4-9-21(19)16-29/h2-11,13,15H,12,14,16-17H2,1H3. The van der Waals surface area contributed by atoms with Crippen LogP contribution in [-0.2, 0) is 17.8 Å². The van der Waals surface area contributed by atoms with Crippen molar-refractivity contribution >= 4 is 17.7 Å². The number of aryl methyl sites for hydroxylation is 1. The van der Waals surface area contributed by atoms with Crippen LogP contribution in [0.25, 0.3) is 17.1 Å². The van der Waals surface area contributed by atoms with Crippen LogP contribution in [0.1, 0.15) is 16.7 Å². The SMILES string of the molecule is Cc1ccccc1-n1c(SCC(=O)N2CCc3ccccc3C2)nnc1-c1cccnc1. The first-order valence-electron chi connectivity index (χ1n) is 10.6. The van der Waals surface area contributed by atoms with Crippen molar-refractivity contribution in [2.24, 2.45) is 0 Å². The molecular weight excluding hydrogens is 418 g/mol. The maximum atomic E-state index is 13.0. The molecule has 160 valence electrons. The lowest BCUT2D eigenvalue weighted by Gasteiger charge is -2.28. The summed E-state index contributed by atoms with van der Waals surface area (Å²) < 4.78 is 2.02. The molecule has 6 nitrogen and oxygen atoms in total. The Labute approximate surface area is 191 Å². The molecule has 0 radical (unpaired) electrons. The molecule has 0 aliphatic carbocycles. The van der Waals surface area contributed by atoms with Crippen LogP contribution in [0.2, 0.25) is 0 Å². The maximum absolute atomic E-state index is 13.0. The first-order valence-corrected chi connectivity index (χ1v) is 11.6. The minimum absolute atomic E-state index is 0.117. The average molecular weight is 442 g/mol. The Morgan fingerprint density at radius 2 is 1.81 bits per heavy atom. The van der Waals surface area contributed by atoms with Gasteiger partial charge in [0.25, 0.3) is 0 Å². The van der Waals surface area contributed by atoms with E-state index in [0.717, 1.165) is 29.8 Å². The van der Waals surface area contributed by atoms with Gasteiger partial charge in [0, 0.05) is 31.0 Å². The van der Waals surface area contributed by atoms with Crippen molar-refractivity contribution in [2.45, 2.75) is 25.0 Å². The van der Waals surface area contributed by atoms with Crippen molar-refractivity contribution in [2.75, 3.05) is 12.3 Å². The zero-order valence-corrected chi connectivity index (χ0v) is 18.6. The van der Waals surface area contributed by atoms with E-state index < -0.39 is 0 Å². The fourth-order valence-corrected chi connectivity index (χ4v) is 4.85. The third-order valence-electron chi connectivity index (χ3n) is 5.72. The normalized spacial score (nSPS) is 13.1. The van der Waals surface area contributed by atoms with E-state index in [4.69, 9.17) is 0 Å². The van der Waals surface area contributed by atoms with E-state index in [9.17, 15) is 4.79 Å². The van der Waals surface area contributed by atoms with Gasteiger partial charge < -0.3 is 4.90 Å². The van der Waals surface area contributed by atoms with Gasteiger partial charge in [-0.2, -0.15) is 0 Å². The second-order valence-corrected chi connectivity index (χ2v) is 8.73. The number of aromatic nitrogens is 4. The van der Waals surface area contributed by atoms with Crippen LogP contribution in [0.15, 0.2) is 78.2 Å². The Kier molecular flexibility index (Phi) is 5.73. The lowest BCUT2D eigenvalue weighted by atomic mass is 10.00. The van der Waals surface area contributed by atoms with E-state index in [-0.39, 0.29) is 5.91 Å². The van der Waals surface area contributed by atoms with Crippen molar-refractivity contribution in [3.05, 3.63) is 89.7 Å². The lowest BCUT2D eigenvalue weighted by Crippen LogP contribution is -2.37. The van der Waals surface area contributed by atoms with Gasteiger partial charge in [0.15, 0.2) is 11.0 Å². The fourth-order valence-electron chi connectivity index (χ4n) is 4.00. The third-order valence-corrected chi connectivity index (χ3v) is 6.63. The molecule has 5 rings (SSSR count). The number of nitrogens with zero attached hydrogens (tertiary/aromatic N) is 5. The second kappa shape index (κ2) is 8.96. The predicted octanol–water partition coefficient (Wildman–Crippen LogP) is 4.31. The molecule has 0 fully saturated rings. The molecule has 32 heavy (non-hydrogen) atoms. The molecule has 0 saturated heterocycles. The van der Waals surface area contributed by atoms with Crippen LogP contribution in [0.3, 0.4) is 0 Å². The first-order chi connectivity index (χ1) is 15.7. The largest absolute Gasteiger partial charge is 0.337 e. The van der Waals surface area contributed by atoms with E-state index >= 15 is 0 Å². The number of hydrogen-bond donors (Lipinski definition) is 0. The fraction of sp³-hybridized carbons (Fsp3) is 0.200. The van der Waals surface area contributed by atoms with Crippen LogP contribution >= 0.6 is 11.8 Å². The Balaban J connectivity index is 1.40. The minimum Gasteiger partial charge on any atom is -0.337 e. The molecule has 2 aromatic heterocycles. The highest BCUT2D eigenvalue weighted by molar-refractivity contribution is 7.99. The zero-order valence-electron chi connectivity index (χ0n) is 17.8. The molecule has 0 atom stereocenters. The van der Waals surface area contributed by atoms with Crippen molar-refractivity contribution in [3.8, 4) is 17.1 Å². The Bertz CT molecular complexity index is 1250. The molecule has 2 aromatic carbocycles. The molecule has 1 aliphatic heterocycles. The number of para-hydroxylation sites is 1. The number of rotatable bonds is 5. The summed E-state index contributed by atoms with van der Waals surface area (Å²) in [7, 11) is 0. The number of fused-ring (bicyclic) bond motifs is 1. The van der Waals surface area contributed by atoms with Gasteiger partial charge >= 0.3 is 0 Å². The second-order valence-electron chi connectivity index (χ2n) is 7.79. The summed E-state index contributed by atoms with van der Waals surface area (Å²) in [6.07, 6.45) is 4.42. The Morgan fingerprint density at radius 1 is 1.00 bits per heavy atom. The van der Waals surface area contributed by atoms with Crippen LogP contribution in [0.5, 0.6) is 0 Å². The van der Waals surface area contributed by atoms with Crippen LogP contribution in [0.4, 0.5) is 0 Å². The summed E-state index contributed by atoms with van der Waals surface area (Å²) in [4.78, 5) is 19.2. The molecule has 0 N–H and O–H groups in total. The third kappa shape index (κ3) is 4.03. The number of pyridine rings is 1. The molecule has 0 bridgehead atoms. The van der Waals surface area contributed by atoms with Crippen LogP contribution in [0, 0.1) is 6.92 Å². The zero-order chi connectivity index (χ0) is 21.9. The van der Waals surface area contributed by atoms with E-state index in [1.165, 1.54) is 22.9 Å². The summed E-state index contributed by atoms with van der Waals surface area (Å²) in [5, 5.41) is 9.59. The molecule has 1 aliphatic rings. The molecular formula is C25H23N5OS. The van der Waals surface area contributed by atoms with Gasteiger partial charge in [-0.3, -0.25) is 14.3 Å². The Morgan fingerprint density at radius 3 is 2.62 bits per heavy atom. The van der Waals surface area contributed by atoms with Crippen molar-refractivity contribution in [1.29, 1.82) is 0 Å². The number of carbonyl (C=O) groups excluding carboxylic acids is 1. The van der Waals surface area contributed by atoms with E-state index in [2.05, 4.69) is 46.4 Å². The smallest absolute Gasteiger partial charge is 0.233 e. The van der Waals surface area contributed by atoms with Crippen molar-refractivity contribution < 1.29 is 4.79 Å². The van der Waals surface area contributed by atoms with Gasteiger partial charge in [-0.15, -0.1) is 10.2 Å². The molecule has 3 heterocycles. The number of thioether (sulfide) groups is 1. The molecule has 7 heteroatoms. The van der Waals surface area contributed by atoms with Gasteiger partial charge in [-0.25, -0.2) is 0 Å². The summed E-state index contributed by atoms with van der Waals surface area (Å²) in [5.41, 5.74) is 5.56. The molecule has 0 unspecified atom stereocenters. The van der Waals surface area contributed by atoms with Crippen LogP contribution in [-0.4, -0.2) is 42.9 Å². The molecule has 1 amide bonds. The quantitative estimate of drug-likeness (QED) is 0.432. The number of hydrogen-bond acceptors (Lipinski definition) is 5. The summed E-state index contributed by atoms with van der Waals surface area (Å²) >= 11 is 1.43. The van der Waals surface area contributed by atoms with Gasteiger partial charge in [0.05, 0.1) is 11.4 Å². The highest BCUT2D eigenvalue weighted by Crippen LogP contribution is 2.29. The van der Waals surface area contributed by atoms with E-state index in [1.807, 2.05) is 45.9 Å². The number of amides is 1. The first kappa shape index (κ1) is 20.5. The number of benzene rings is 2. The number of carbonyl (C=O) groups is 1. The molecule has 4 aromatic rings. The topological polar surface area (TPSA) is 63.9 Å². The molecule has 0 saturated carbocycles. The summed E-state index contributed by atoms with van der Waals surface area (Å²) in [6, 6.07) is 20.3. The van der Waals surface area contributed by atoms with E-state index in [1.54, 1.807) is 12.4 Å². The average Bonchev–Trinajstić information content (AvgIpc) is 3.26. The van der Waals surface area contributed by atoms with Crippen LogP contribution < -0.4 is 0 Å². The predicted molar refractivity (Wildman–Crippen MR) is 126 cm³/mol. The minimum atomic E-state index is 0.117. The highest BCUT2D eigenvalue weighted by atomic mass is 32.2. The monoisotopic (exact) mass is 441 g/mol. The van der Waals surface area contributed by atoms with Crippen molar-refractivity contribution in [3.63, 3.8) is 0 Å². The van der Waals surface area contributed by atoms with E-state index in [0.29, 0.717) is 23.3 Å². The highest BCUT2D eigenvalue weighted by Gasteiger charge is 2.23. The van der Waals surface area contributed by atoms with Gasteiger partial charge in [-0.1, -0.05) is 54.2 Å². The van der Waals surface area contributed by atoms with Gasteiger partial charge in [0.2, 0.25) is 5.91 Å².